The highest BCUT2D eigenvalue weighted by atomic mass is 32.1. The van der Waals surface area contributed by atoms with Gasteiger partial charge in [0.1, 0.15) is 0 Å². The summed E-state index contributed by atoms with van der Waals surface area (Å²) >= 11 is 1.81. The van der Waals surface area contributed by atoms with E-state index >= 15 is 0 Å². The molecule has 19 heavy (non-hydrogen) atoms. The topological polar surface area (TPSA) is 44.9 Å². The van der Waals surface area contributed by atoms with Crippen LogP contribution in [0, 0.1) is 0 Å². The van der Waals surface area contributed by atoms with Crippen LogP contribution in [0.4, 0.5) is 0 Å². The van der Waals surface area contributed by atoms with E-state index in [1.807, 2.05) is 11.3 Å². The number of hydrogen-bond acceptors (Lipinski definition) is 5. The average molecular weight is 276 g/mol. The molecule has 0 aromatic carbocycles. The van der Waals surface area contributed by atoms with Gasteiger partial charge in [-0.3, -0.25) is 9.89 Å². The van der Waals surface area contributed by atoms with E-state index in [-0.39, 0.29) is 5.54 Å². The van der Waals surface area contributed by atoms with Crippen molar-refractivity contribution in [3.63, 3.8) is 0 Å². The number of aliphatic imine (C=N–C) groups is 1. The zero-order chi connectivity index (χ0) is 12.9. The summed E-state index contributed by atoms with van der Waals surface area (Å²) in [5.41, 5.74) is 6.38. The lowest BCUT2D eigenvalue weighted by atomic mass is 9.87. The quantitative estimate of drug-likeness (QED) is 0.890. The minimum atomic E-state index is 0.185. The predicted octanol–water partition coefficient (Wildman–Crippen LogP) is 1.49. The van der Waals surface area contributed by atoms with Crippen LogP contribution < -0.4 is 5.73 Å². The van der Waals surface area contributed by atoms with Gasteiger partial charge in [0.25, 0.3) is 0 Å². The molecule has 0 saturated carbocycles. The van der Waals surface area contributed by atoms with E-state index in [0.717, 1.165) is 19.0 Å². The van der Waals surface area contributed by atoms with Gasteiger partial charge < -0.3 is 10.6 Å². The zero-order valence-corrected chi connectivity index (χ0v) is 11.9. The monoisotopic (exact) mass is 276 g/mol. The number of thiophene rings is 1. The maximum absolute atomic E-state index is 6.19. The number of hydrogen-bond donors (Lipinski definition) is 1. The van der Waals surface area contributed by atoms with Crippen molar-refractivity contribution < 1.29 is 0 Å². The molecule has 4 rings (SSSR count). The molecule has 0 bridgehead atoms. The lowest BCUT2D eigenvalue weighted by molar-refractivity contribution is 0.143. The molecule has 1 aromatic rings. The Morgan fingerprint density at radius 1 is 1.47 bits per heavy atom. The van der Waals surface area contributed by atoms with Gasteiger partial charge in [-0.15, -0.1) is 11.3 Å². The lowest BCUT2D eigenvalue weighted by Crippen LogP contribution is -2.56. The van der Waals surface area contributed by atoms with Crippen molar-refractivity contribution in [3.05, 3.63) is 22.4 Å². The Labute approximate surface area is 117 Å². The molecule has 2 saturated heterocycles. The Hall–Kier alpha value is -1.07. The summed E-state index contributed by atoms with van der Waals surface area (Å²) in [4.78, 5) is 11.0. The van der Waals surface area contributed by atoms with Crippen LogP contribution in [-0.2, 0) is 6.54 Å². The van der Waals surface area contributed by atoms with Gasteiger partial charge in [-0.25, -0.2) is 0 Å². The predicted molar refractivity (Wildman–Crippen MR) is 78.3 cm³/mol. The lowest BCUT2D eigenvalue weighted by Gasteiger charge is -2.40. The molecule has 4 heterocycles. The van der Waals surface area contributed by atoms with E-state index in [9.17, 15) is 0 Å². The SMILES string of the molecule is NC1=NCC2(CCN3CCCC32)N1Cc1cccs1. The molecule has 5 heteroatoms. The Bertz CT molecular complexity index is 498. The van der Waals surface area contributed by atoms with Gasteiger partial charge in [0.05, 0.1) is 18.6 Å². The van der Waals surface area contributed by atoms with Crippen LogP contribution in [0.3, 0.4) is 0 Å². The van der Waals surface area contributed by atoms with Crippen LogP contribution in [-0.4, -0.2) is 47.0 Å². The molecule has 2 atom stereocenters. The van der Waals surface area contributed by atoms with Gasteiger partial charge in [-0.05, 0) is 37.3 Å². The Balaban J connectivity index is 1.64. The van der Waals surface area contributed by atoms with Crippen LogP contribution in [0.15, 0.2) is 22.5 Å². The maximum atomic E-state index is 6.19. The Morgan fingerprint density at radius 2 is 2.42 bits per heavy atom. The summed E-state index contributed by atoms with van der Waals surface area (Å²) in [5.74, 6) is 0.752. The fourth-order valence-corrected chi connectivity index (χ4v) is 4.81. The first-order valence-electron chi connectivity index (χ1n) is 7.14. The third-order valence-corrected chi connectivity index (χ3v) is 5.90. The fourth-order valence-electron chi connectivity index (χ4n) is 4.12. The van der Waals surface area contributed by atoms with Crippen molar-refractivity contribution in [1.82, 2.24) is 9.80 Å². The highest BCUT2D eigenvalue weighted by Crippen LogP contribution is 2.43. The van der Waals surface area contributed by atoms with Gasteiger partial charge in [-0.1, -0.05) is 6.07 Å². The van der Waals surface area contributed by atoms with E-state index in [1.54, 1.807) is 0 Å². The van der Waals surface area contributed by atoms with Gasteiger partial charge in [0.2, 0.25) is 0 Å². The number of nitrogens with zero attached hydrogens (tertiary/aromatic N) is 3. The van der Waals surface area contributed by atoms with Crippen molar-refractivity contribution in [2.24, 2.45) is 10.7 Å². The van der Waals surface area contributed by atoms with Gasteiger partial charge >= 0.3 is 0 Å². The molecule has 1 spiro atoms. The van der Waals surface area contributed by atoms with Crippen LogP contribution in [0.5, 0.6) is 0 Å². The second-order valence-electron chi connectivity index (χ2n) is 5.89. The molecule has 102 valence electrons. The van der Waals surface area contributed by atoms with E-state index in [0.29, 0.717) is 6.04 Å². The van der Waals surface area contributed by atoms with Crippen molar-refractivity contribution in [2.75, 3.05) is 19.6 Å². The third-order valence-electron chi connectivity index (χ3n) is 5.04. The molecule has 3 aliphatic heterocycles. The largest absolute Gasteiger partial charge is 0.370 e. The maximum Gasteiger partial charge on any atom is 0.192 e. The minimum absolute atomic E-state index is 0.185. The fraction of sp³-hybridized carbons (Fsp3) is 0.643. The highest BCUT2D eigenvalue weighted by molar-refractivity contribution is 7.09. The molecule has 2 fully saturated rings. The van der Waals surface area contributed by atoms with Crippen LogP contribution >= 0.6 is 11.3 Å². The van der Waals surface area contributed by atoms with E-state index in [1.165, 1.54) is 37.2 Å². The average Bonchev–Trinajstić information content (AvgIpc) is 3.13. The molecule has 1 aromatic heterocycles. The van der Waals surface area contributed by atoms with Crippen molar-refractivity contribution >= 4 is 17.3 Å². The normalized spacial score (nSPS) is 34.2. The van der Waals surface area contributed by atoms with Gasteiger partial charge in [0.15, 0.2) is 5.96 Å². The first-order valence-corrected chi connectivity index (χ1v) is 8.02. The van der Waals surface area contributed by atoms with Crippen molar-refractivity contribution in [1.29, 1.82) is 0 Å². The van der Waals surface area contributed by atoms with Crippen LogP contribution in [0.1, 0.15) is 24.1 Å². The molecule has 4 nitrogen and oxygen atoms in total. The summed E-state index contributed by atoms with van der Waals surface area (Å²) in [6.45, 7) is 4.30. The molecule has 2 unspecified atom stereocenters. The second kappa shape index (κ2) is 4.21. The first-order chi connectivity index (χ1) is 9.29. The number of nitrogens with two attached hydrogens (primary N) is 1. The summed E-state index contributed by atoms with van der Waals surface area (Å²) in [6.07, 6.45) is 3.86. The van der Waals surface area contributed by atoms with E-state index < -0.39 is 0 Å². The zero-order valence-electron chi connectivity index (χ0n) is 11.1. The van der Waals surface area contributed by atoms with Crippen molar-refractivity contribution in [2.45, 2.75) is 37.4 Å². The van der Waals surface area contributed by atoms with Crippen molar-refractivity contribution in [3.8, 4) is 0 Å². The smallest absolute Gasteiger partial charge is 0.192 e. The Kier molecular flexibility index (Phi) is 2.60. The van der Waals surface area contributed by atoms with E-state index in [2.05, 4.69) is 32.3 Å². The molecular weight excluding hydrogens is 256 g/mol. The van der Waals surface area contributed by atoms with E-state index in [4.69, 9.17) is 5.73 Å². The summed E-state index contributed by atoms with van der Waals surface area (Å²) < 4.78 is 0. The van der Waals surface area contributed by atoms with Gasteiger partial charge in [-0.2, -0.15) is 0 Å². The summed E-state index contributed by atoms with van der Waals surface area (Å²) in [7, 11) is 0. The molecule has 0 aliphatic carbocycles. The summed E-state index contributed by atoms with van der Waals surface area (Å²) in [5, 5.41) is 2.14. The number of fused-ring (bicyclic) bond motifs is 2. The third kappa shape index (κ3) is 1.64. The molecule has 2 N–H and O–H groups in total. The number of rotatable bonds is 2. The standard InChI is InChI=1S/C14H20N4S/c15-13-16-10-14(5-7-17-6-1-4-12(14)17)18(13)9-11-3-2-8-19-11/h2-3,8,12H,1,4-7,9-10H2,(H2,15,16). The first kappa shape index (κ1) is 11.7. The molecular formula is C14H20N4S. The highest BCUT2D eigenvalue weighted by Gasteiger charge is 2.55. The number of guanidine groups is 1. The minimum Gasteiger partial charge on any atom is -0.370 e. The molecule has 3 aliphatic rings. The summed E-state index contributed by atoms with van der Waals surface area (Å²) in [6, 6.07) is 4.98. The Morgan fingerprint density at radius 3 is 3.26 bits per heavy atom. The molecule has 0 radical (unpaired) electrons. The van der Waals surface area contributed by atoms with Gasteiger partial charge in [0, 0.05) is 17.5 Å². The van der Waals surface area contributed by atoms with Crippen LogP contribution in [0.2, 0.25) is 0 Å². The second-order valence-corrected chi connectivity index (χ2v) is 6.92. The molecule has 0 amide bonds. The van der Waals surface area contributed by atoms with Crippen LogP contribution in [0.25, 0.3) is 0 Å².